The number of ether oxygens (including phenoxy) is 1. The second kappa shape index (κ2) is 11.1. The Morgan fingerprint density at radius 3 is 2.50 bits per heavy atom. The number of nitro groups is 1. The van der Waals surface area contributed by atoms with Crippen molar-refractivity contribution in [3.63, 3.8) is 0 Å². The van der Waals surface area contributed by atoms with Crippen molar-refractivity contribution in [2.75, 3.05) is 43.1 Å². The quantitative estimate of drug-likeness (QED) is 0.277. The van der Waals surface area contributed by atoms with E-state index in [-0.39, 0.29) is 29.7 Å². The van der Waals surface area contributed by atoms with Gasteiger partial charge in [0.2, 0.25) is 11.8 Å². The molecule has 0 spiro atoms. The van der Waals surface area contributed by atoms with Crippen molar-refractivity contribution in [1.82, 2.24) is 15.5 Å². The Hall–Kier alpha value is -4.45. The van der Waals surface area contributed by atoms with Gasteiger partial charge in [-0.25, -0.2) is 0 Å². The molecule has 2 aromatic carbocycles. The fraction of sp³-hybridized carbons (Fsp3) is 0.433. The summed E-state index contributed by atoms with van der Waals surface area (Å²) in [6.07, 6.45) is 4.10. The summed E-state index contributed by atoms with van der Waals surface area (Å²) >= 11 is 0. The van der Waals surface area contributed by atoms with Crippen LogP contribution in [0.15, 0.2) is 36.9 Å². The molecule has 2 N–H and O–H groups in total. The zero-order valence-electron chi connectivity index (χ0n) is 23.5. The fourth-order valence-electron chi connectivity index (χ4n) is 6.58. The van der Waals surface area contributed by atoms with E-state index in [9.17, 15) is 24.5 Å². The van der Waals surface area contributed by atoms with Crippen LogP contribution in [0.3, 0.4) is 0 Å². The third-order valence-corrected chi connectivity index (χ3v) is 8.83. The first-order chi connectivity index (χ1) is 20.3. The lowest BCUT2D eigenvalue weighted by molar-refractivity contribution is -0.385. The van der Waals surface area contributed by atoms with Crippen LogP contribution >= 0.6 is 0 Å². The Labute approximate surface area is 243 Å². The molecule has 4 aliphatic heterocycles. The number of amides is 3. The van der Waals surface area contributed by atoms with E-state index in [1.165, 1.54) is 13.2 Å². The van der Waals surface area contributed by atoms with E-state index in [0.717, 1.165) is 56.0 Å². The minimum absolute atomic E-state index is 0.0701. The molecule has 0 aromatic heterocycles. The van der Waals surface area contributed by atoms with Crippen LogP contribution in [0.4, 0.5) is 17.1 Å². The van der Waals surface area contributed by atoms with Gasteiger partial charge < -0.3 is 24.8 Å². The predicted octanol–water partition coefficient (Wildman–Crippen LogP) is 2.45. The van der Waals surface area contributed by atoms with Gasteiger partial charge in [-0.2, -0.15) is 0 Å². The van der Waals surface area contributed by atoms with Crippen LogP contribution in [0.25, 0.3) is 6.08 Å². The van der Waals surface area contributed by atoms with Crippen molar-refractivity contribution in [1.29, 1.82) is 0 Å². The molecular weight excluding hydrogens is 540 g/mol. The maximum atomic E-state index is 13.2. The van der Waals surface area contributed by atoms with Crippen molar-refractivity contribution < 1.29 is 24.0 Å². The molecule has 2 aromatic rings. The highest BCUT2D eigenvalue weighted by Gasteiger charge is 2.41. The van der Waals surface area contributed by atoms with Crippen LogP contribution in [0.5, 0.6) is 5.75 Å². The SMILES string of the molecule is C=Cc1cc([N+](=O)[O-])c(OC)cc1N1CCC(NC2CN(c3cccc4c3CN(C3CCC(=O)NC3=O)C4=O)C2)CC1. The second-order valence-electron chi connectivity index (χ2n) is 11.3. The first-order valence-corrected chi connectivity index (χ1v) is 14.3. The first kappa shape index (κ1) is 27.7. The van der Waals surface area contributed by atoms with Crippen LogP contribution in [-0.2, 0) is 16.1 Å². The summed E-state index contributed by atoms with van der Waals surface area (Å²) in [6, 6.07) is 9.04. The zero-order valence-corrected chi connectivity index (χ0v) is 23.5. The molecule has 12 heteroatoms. The Bertz CT molecular complexity index is 1460. The van der Waals surface area contributed by atoms with Crippen LogP contribution in [-0.4, -0.2) is 79.0 Å². The van der Waals surface area contributed by atoms with Gasteiger partial charge in [0.15, 0.2) is 5.75 Å². The molecule has 0 radical (unpaired) electrons. The van der Waals surface area contributed by atoms with E-state index in [2.05, 4.69) is 27.0 Å². The lowest BCUT2D eigenvalue weighted by Gasteiger charge is -2.45. The summed E-state index contributed by atoms with van der Waals surface area (Å²) in [5.74, 6) is -0.612. The van der Waals surface area contributed by atoms with E-state index < -0.39 is 16.9 Å². The molecular formula is C30H34N6O6. The molecule has 1 unspecified atom stereocenters. The Balaban J connectivity index is 1.05. The molecule has 0 bridgehead atoms. The Kier molecular flexibility index (Phi) is 7.31. The number of imide groups is 1. The van der Waals surface area contributed by atoms with Crippen LogP contribution < -0.4 is 25.2 Å². The lowest BCUT2D eigenvalue weighted by Crippen LogP contribution is -2.61. The van der Waals surface area contributed by atoms with Gasteiger partial charge >= 0.3 is 5.69 Å². The normalized spacial score (nSPS) is 21.2. The van der Waals surface area contributed by atoms with Gasteiger partial charge in [0, 0.05) is 91.4 Å². The predicted molar refractivity (Wildman–Crippen MR) is 157 cm³/mol. The highest BCUT2D eigenvalue weighted by molar-refractivity contribution is 6.06. The van der Waals surface area contributed by atoms with Crippen molar-refractivity contribution in [2.24, 2.45) is 0 Å². The fourth-order valence-corrected chi connectivity index (χ4v) is 6.58. The van der Waals surface area contributed by atoms with Gasteiger partial charge in [0.1, 0.15) is 6.04 Å². The van der Waals surface area contributed by atoms with Crippen LogP contribution in [0, 0.1) is 10.1 Å². The molecule has 3 saturated heterocycles. The number of carbonyl (C=O) groups excluding carboxylic acids is 3. The summed E-state index contributed by atoms with van der Waals surface area (Å²) < 4.78 is 5.29. The summed E-state index contributed by atoms with van der Waals surface area (Å²) in [5, 5.41) is 17.6. The highest BCUT2D eigenvalue weighted by Crippen LogP contribution is 2.38. The molecule has 220 valence electrons. The number of piperidine rings is 2. The van der Waals surface area contributed by atoms with Crippen molar-refractivity contribution in [3.8, 4) is 5.75 Å². The smallest absolute Gasteiger partial charge is 0.311 e. The minimum atomic E-state index is -0.623. The lowest BCUT2D eigenvalue weighted by atomic mass is 9.98. The number of carbonyl (C=O) groups is 3. The number of anilines is 2. The average Bonchev–Trinajstić information content (AvgIpc) is 3.30. The maximum Gasteiger partial charge on any atom is 0.311 e. The topological polar surface area (TPSA) is 137 Å². The van der Waals surface area contributed by atoms with Crippen molar-refractivity contribution in [2.45, 2.75) is 50.4 Å². The molecule has 0 saturated carbocycles. The number of benzene rings is 2. The number of nitrogens with one attached hydrogen (secondary N) is 2. The third kappa shape index (κ3) is 4.95. The summed E-state index contributed by atoms with van der Waals surface area (Å²) in [5.41, 5.74) is 4.12. The van der Waals surface area contributed by atoms with E-state index >= 15 is 0 Å². The maximum absolute atomic E-state index is 13.2. The summed E-state index contributed by atoms with van der Waals surface area (Å²) in [7, 11) is 1.44. The molecule has 4 aliphatic rings. The van der Waals surface area contributed by atoms with Crippen molar-refractivity contribution in [3.05, 3.63) is 63.7 Å². The summed E-state index contributed by atoms with van der Waals surface area (Å²) in [4.78, 5) is 54.3. The van der Waals surface area contributed by atoms with Gasteiger partial charge in [-0.05, 0) is 31.4 Å². The zero-order chi connectivity index (χ0) is 29.5. The molecule has 0 aliphatic carbocycles. The molecule has 4 heterocycles. The monoisotopic (exact) mass is 574 g/mol. The second-order valence-corrected chi connectivity index (χ2v) is 11.3. The number of methoxy groups -OCH3 is 1. The van der Waals surface area contributed by atoms with E-state index in [0.29, 0.717) is 36.2 Å². The Morgan fingerprint density at radius 2 is 1.83 bits per heavy atom. The van der Waals surface area contributed by atoms with E-state index in [1.54, 1.807) is 17.0 Å². The van der Waals surface area contributed by atoms with E-state index in [1.807, 2.05) is 18.2 Å². The molecule has 3 amide bonds. The number of nitrogens with zero attached hydrogens (tertiary/aromatic N) is 4. The summed E-state index contributed by atoms with van der Waals surface area (Å²) in [6.45, 7) is 7.47. The van der Waals surface area contributed by atoms with Crippen molar-refractivity contribution >= 4 is 40.9 Å². The van der Waals surface area contributed by atoms with Crippen LogP contribution in [0.1, 0.15) is 47.2 Å². The number of fused-ring (bicyclic) bond motifs is 1. The third-order valence-electron chi connectivity index (χ3n) is 8.83. The standard InChI is InChI=1S/C30H34N6O6/c1-3-18-13-26(36(40)41)27(42-2)14-25(18)33-11-9-19(10-12-33)31-20-15-34(16-20)23-6-4-5-21-22(23)17-35(30(21)39)24-7-8-28(37)32-29(24)38/h3-6,13-14,19-20,24,31H,1,7-12,15-17H2,2H3,(H,32,37,38). The number of rotatable bonds is 8. The minimum Gasteiger partial charge on any atom is -0.490 e. The number of hydrogen-bond donors (Lipinski definition) is 2. The van der Waals surface area contributed by atoms with Gasteiger partial charge in [-0.15, -0.1) is 0 Å². The van der Waals surface area contributed by atoms with Gasteiger partial charge in [-0.3, -0.25) is 29.8 Å². The first-order valence-electron chi connectivity index (χ1n) is 14.3. The molecule has 3 fully saturated rings. The van der Waals surface area contributed by atoms with E-state index in [4.69, 9.17) is 4.74 Å². The average molecular weight is 575 g/mol. The molecule has 42 heavy (non-hydrogen) atoms. The van der Waals surface area contributed by atoms with Crippen LogP contribution in [0.2, 0.25) is 0 Å². The van der Waals surface area contributed by atoms with Gasteiger partial charge in [0.25, 0.3) is 5.91 Å². The molecule has 12 nitrogen and oxygen atoms in total. The molecule has 1 atom stereocenters. The van der Waals surface area contributed by atoms with Gasteiger partial charge in [0.05, 0.1) is 12.0 Å². The Morgan fingerprint density at radius 1 is 1.07 bits per heavy atom. The highest BCUT2D eigenvalue weighted by atomic mass is 16.6. The number of nitro benzene ring substituents is 1. The molecule has 6 rings (SSSR count). The number of hydrogen-bond acceptors (Lipinski definition) is 9. The van der Waals surface area contributed by atoms with Gasteiger partial charge in [-0.1, -0.05) is 18.7 Å². The largest absolute Gasteiger partial charge is 0.490 e.